The average molecular weight is 199 g/mol. The van der Waals surface area contributed by atoms with Crippen LogP contribution < -0.4 is 5.32 Å². The van der Waals surface area contributed by atoms with Crippen LogP contribution in [-0.2, 0) is 0 Å². The fourth-order valence-corrected chi connectivity index (χ4v) is 1.82. The van der Waals surface area contributed by atoms with Crippen LogP contribution in [0, 0.1) is 0 Å². The molecule has 0 aliphatic heterocycles. The molecule has 1 heteroatoms. The highest BCUT2D eigenvalue weighted by atomic mass is 14.9. The Morgan fingerprint density at radius 2 is 1.50 bits per heavy atom. The van der Waals surface area contributed by atoms with Gasteiger partial charge < -0.3 is 5.32 Å². The van der Waals surface area contributed by atoms with E-state index in [2.05, 4.69) is 26.1 Å². The number of unbranched alkanes of at least 4 members (excludes halogenated alkanes) is 3. The summed E-state index contributed by atoms with van der Waals surface area (Å²) < 4.78 is 0. The van der Waals surface area contributed by atoms with Crippen molar-refractivity contribution in [2.45, 2.75) is 78.2 Å². The topological polar surface area (TPSA) is 12.0 Å². The predicted molar refractivity (Wildman–Crippen MR) is 65.7 cm³/mol. The van der Waals surface area contributed by atoms with E-state index in [0.717, 1.165) is 6.04 Å². The number of nitrogens with one attached hydrogen (secondary N) is 1. The van der Waals surface area contributed by atoms with Gasteiger partial charge in [-0.1, -0.05) is 52.9 Å². The van der Waals surface area contributed by atoms with Crippen LogP contribution in [0.3, 0.4) is 0 Å². The van der Waals surface area contributed by atoms with E-state index in [1.165, 1.54) is 57.9 Å². The highest BCUT2D eigenvalue weighted by molar-refractivity contribution is 4.66. The van der Waals surface area contributed by atoms with Crippen LogP contribution >= 0.6 is 0 Å². The van der Waals surface area contributed by atoms with Crippen LogP contribution in [0.2, 0.25) is 0 Å². The van der Waals surface area contributed by atoms with Crippen LogP contribution in [0.15, 0.2) is 0 Å². The lowest BCUT2D eigenvalue weighted by Crippen LogP contribution is -2.29. The molecule has 0 amide bonds. The lowest BCUT2D eigenvalue weighted by molar-refractivity contribution is 0.427. The van der Waals surface area contributed by atoms with Crippen molar-refractivity contribution in [3.63, 3.8) is 0 Å². The molecule has 0 heterocycles. The second kappa shape index (κ2) is 11.0. The smallest absolute Gasteiger partial charge is 0.00669 e. The zero-order valence-corrected chi connectivity index (χ0v) is 10.4. The monoisotopic (exact) mass is 199 g/mol. The number of hydrogen-bond donors (Lipinski definition) is 1. The van der Waals surface area contributed by atoms with E-state index in [4.69, 9.17) is 0 Å². The molecule has 0 aromatic carbocycles. The molecule has 0 saturated heterocycles. The van der Waals surface area contributed by atoms with Gasteiger partial charge >= 0.3 is 0 Å². The normalized spacial score (nSPS) is 13.1. The second-order valence-corrected chi connectivity index (χ2v) is 4.29. The van der Waals surface area contributed by atoms with Crippen molar-refractivity contribution in [2.75, 3.05) is 6.54 Å². The largest absolute Gasteiger partial charge is 0.314 e. The molecule has 1 N–H and O–H groups in total. The quantitative estimate of drug-likeness (QED) is 0.522. The van der Waals surface area contributed by atoms with E-state index in [-0.39, 0.29) is 0 Å². The minimum absolute atomic E-state index is 0.790. The van der Waals surface area contributed by atoms with Gasteiger partial charge in [-0.3, -0.25) is 0 Å². The molecule has 86 valence electrons. The molecule has 0 rings (SSSR count). The molecular weight excluding hydrogens is 170 g/mol. The zero-order valence-electron chi connectivity index (χ0n) is 10.4. The molecule has 0 saturated carbocycles. The predicted octanol–water partition coefficient (Wildman–Crippen LogP) is 4.13. The number of rotatable bonds is 10. The van der Waals surface area contributed by atoms with Gasteiger partial charge in [0.15, 0.2) is 0 Å². The van der Waals surface area contributed by atoms with Gasteiger partial charge in [0, 0.05) is 6.04 Å². The molecule has 0 aliphatic rings. The summed E-state index contributed by atoms with van der Waals surface area (Å²) in [6.45, 7) is 8.04. The Hall–Kier alpha value is -0.0400. The summed E-state index contributed by atoms with van der Waals surface area (Å²) in [7, 11) is 0. The van der Waals surface area contributed by atoms with E-state index in [0.29, 0.717) is 0 Å². The van der Waals surface area contributed by atoms with Crippen LogP contribution in [-0.4, -0.2) is 12.6 Å². The first kappa shape index (κ1) is 14.0. The second-order valence-electron chi connectivity index (χ2n) is 4.29. The first-order valence-electron chi connectivity index (χ1n) is 6.58. The fourth-order valence-electron chi connectivity index (χ4n) is 1.82. The third kappa shape index (κ3) is 8.55. The van der Waals surface area contributed by atoms with E-state index in [1.54, 1.807) is 0 Å². The summed E-state index contributed by atoms with van der Waals surface area (Å²) in [6, 6.07) is 0.790. The Bertz CT molecular complexity index is 91.4. The molecule has 1 atom stereocenters. The van der Waals surface area contributed by atoms with Crippen molar-refractivity contribution in [3.8, 4) is 0 Å². The van der Waals surface area contributed by atoms with Gasteiger partial charge in [-0.15, -0.1) is 0 Å². The maximum absolute atomic E-state index is 3.68. The lowest BCUT2D eigenvalue weighted by atomic mass is 10.0. The van der Waals surface area contributed by atoms with E-state index in [9.17, 15) is 0 Å². The average Bonchev–Trinajstić information content (AvgIpc) is 2.18. The third-order valence-corrected chi connectivity index (χ3v) is 2.76. The molecule has 0 aromatic heterocycles. The molecule has 14 heavy (non-hydrogen) atoms. The maximum atomic E-state index is 3.68. The minimum Gasteiger partial charge on any atom is -0.314 e. The highest BCUT2D eigenvalue weighted by Gasteiger charge is 2.05. The fraction of sp³-hybridized carbons (Fsp3) is 1.00. The SMILES string of the molecule is CCCCCC(CCC)NCCCC. The lowest BCUT2D eigenvalue weighted by Gasteiger charge is -2.17. The zero-order chi connectivity index (χ0) is 10.6. The highest BCUT2D eigenvalue weighted by Crippen LogP contribution is 2.08. The summed E-state index contributed by atoms with van der Waals surface area (Å²) in [5, 5.41) is 3.68. The molecule has 1 unspecified atom stereocenters. The van der Waals surface area contributed by atoms with Crippen LogP contribution in [0.1, 0.15) is 72.1 Å². The standard InChI is InChI=1S/C13H29N/c1-4-7-9-11-13(10-6-3)14-12-8-5-2/h13-14H,4-12H2,1-3H3. The van der Waals surface area contributed by atoms with Gasteiger partial charge in [-0.2, -0.15) is 0 Å². The van der Waals surface area contributed by atoms with E-state index in [1.807, 2.05) is 0 Å². The molecule has 0 aliphatic carbocycles. The summed E-state index contributed by atoms with van der Waals surface area (Å²) >= 11 is 0. The maximum Gasteiger partial charge on any atom is 0.00669 e. The summed E-state index contributed by atoms with van der Waals surface area (Å²) in [6.07, 6.45) is 10.8. The Labute approximate surface area is 90.7 Å². The van der Waals surface area contributed by atoms with Gasteiger partial charge in [0.25, 0.3) is 0 Å². The van der Waals surface area contributed by atoms with Crippen molar-refractivity contribution >= 4 is 0 Å². The van der Waals surface area contributed by atoms with Gasteiger partial charge in [0.2, 0.25) is 0 Å². The van der Waals surface area contributed by atoms with E-state index >= 15 is 0 Å². The van der Waals surface area contributed by atoms with Crippen LogP contribution in [0.4, 0.5) is 0 Å². The van der Waals surface area contributed by atoms with Gasteiger partial charge in [-0.25, -0.2) is 0 Å². The van der Waals surface area contributed by atoms with Crippen molar-refractivity contribution in [1.82, 2.24) is 5.32 Å². The minimum atomic E-state index is 0.790. The van der Waals surface area contributed by atoms with E-state index < -0.39 is 0 Å². The number of hydrogen-bond acceptors (Lipinski definition) is 1. The summed E-state index contributed by atoms with van der Waals surface area (Å²) in [4.78, 5) is 0. The molecule has 0 aromatic rings. The molecular formula is C13H29N. The Morgan fingerprint density at radius 1 is 0.786 bits per heavy atom. The van der Waals surface area contributed by atoms with Crippen molar-refractivity contribution < 1.29 is 0 Å². The van der Waals surface area contributed by atoms with Crippen molar-refractivity contribution in [1.29, 1.82) is 0 Å². The third-order valence-electron chi connectivity index (χ3n) is 2.76. The molecule has 0 bridgehead atoms. The summed E-state index contributed by atoms with van der Waals surface area (Å²) in [5.41, 5.74) is 0. The Kier molecular flexibility index (Phi) is 11.0. The van der Waals surface area contributed by atoms with Crippen LogP contribution in [0.5, 0.6) is 0 Å². The van der Waals surface area contributed by atoms with Crippen molar-refractivity contribution in [2.24, 2.45) is 0 Å². The summed E-state index contributed by atoms with van der Waals surface area (Å²) in [5.74, 6) is 0. The molecule has 1 nitrogen and oxygen atoms in total. The van der Waals surface area contributed by atoms with Gasteiger partial charge in [0.05, 0.1) is 0 Å². The van der Waals surface area contributed by atoms with Gasteiger partial charge in [0.1, 0.15) is 0 Å². The molecule has 0 spiro atoms. The Morgan fingerprint density at radius 3 is 2.07 bits per heavy atom. The molecule has 0 fully saturated rings. The first-order chi connectivity index (χ1) is 6.85. The first-order valence-corrected chi connectivity index (χ1v) is 6.58. The Balaban J connectivity index is 3.44. The van der Waals surface area contributed by atoms with Crippen molar-refractivity contribution in [3.05, 3.63) is 0 Å². The van der Waals surface area contributed by atoms with Gasteiger partial charge in [-0.05, 0) is 25.8 Å². The van der Waals surface area contributed by atoms with Crippen LogP contribution in [0.25, 0.3) is 0 Å². The molecule has 0 radical (unpaired) electrons.